The Balaban J connectivity index is 1.87. The fourth-order valence-corrected chi connectivity index (χ4v) is 2.97. The van der Waals surface area contributed by atoms with Gasteiger partial charge in [0.25, 0.3) is 0 Å². The van der Waals surface area contributed by atoms with Crippen LogP contribution in [0.5, 0.6) is 5.75 Å². The van der Waals surface area contributed by atoms with Crippen LogP contribution in [-0.4, -0.2) is 42.3 Å². The second kappa shape index (κ2) is 5.81. The maximum absolute atomic E-state index is 11.1. The number of hydrogen-bond acceptors (Lipinski definition) is 5. The molecule has 1 saturated heterocycles. The summed E-state index contributed by atoms with van der Waals surface area (Å²) in [5.74, 6) is 1.04. The Kier molecular flexibility index (Phi) is 3.85. The third kappa shape index (κ3) is 2.69. The molecule has 3 rings (SSSR count). The molecule has 1 aromatic carbocycles. The molecule has 1 aromatic heterocycles. The molecule has 1 amide bonds. The maximum atomic E-state index is 11.1. The average molecular weight is 301 g/mol. The van der Waals surface area contributed by atoms with E-state index in [1.54, 1.807) is 7.11 Å². The van der Waals surface area contributed by atoms with Gasteiger partial charge in [0.1, 0.15) is 11.6 Å². The van der Waals surface area contributed by atoms with Crippen molar-refractivity contribution in [2.75, 3.05) is 25.1 Å². The number of benzene rings is 1. The van der Waals surface area contributed by atoms with Gasteiger partial charge in [0, 0.05) is 30.8 Å². The van der Waals surface area contributed by atoms with Gasteiger partial charge in [-0.3, -0.25) is 4.79 Å². The summed E-state index contributed by atoms with van der Waals surface area (Å²) in [6.07, 6.45) is -0.366. The molecule has 2 aromatic rings. The summed E-state index contributed by atoms with van der Waals surface area (Å²) in [5, 5.41) is 11.0. The first-order valence-corrected chi connectivity index (χ1v) is 7.23. The van der Waals surface area contributed by atoms with Crippen molar-refractivity contribution in [2.45, 2.75) is 12.5 Å². The van der Waals surface area contributed by atoms with E-state index in [9.17, 15) is 9.90 Å². The van der Waals surface area contributed by atoms with Crippen LogP contribution in [0.2, 0.25) is 0 Å². The van der Waals surface area contributed by atoms with Gasteiger partial charge in [0.15, 0.2) is 0 Å². The number of amides is 1. The Hall–Kier alpha value is -2.34. The van der Waals surface area contributed by atoms with E-state index in [1.165, 1.54) is 0 Å². The first-order valence-electron chi connectivity index (χ1n) is 7.23. The quantitative estimate of drug-likeness (QED) is 0.876. The van der Waals surface area contributed by atoms with E-state index in [0.717, 1.165) is 22.5 Å². The number of aromatic nitrogens is 1. The van der Waals surface area contributed by atoms with Crippen molar-refractivity contribution in [3.8, 4) is 5.75 Å². The maximum Gasteiger partial charge on any atom is 0.217 e. The van der Waals surface area contributed by atoms with Crippen LogP contribution in [0.15, 0.2) is 30.3 Å². The van der Waals surface area contributed by atoms with Crippen LogP contribution in [0.1, 0.15) is 6.42 Å². The van der Waals surface area contributed by atoms with Gasteiger partial charge >= 0.3 is 0 Å². The molecule has 1 aliphatic rings. The predicted molar refractivity (Wildman–Crippen MR) is 83.8 cm³/mol. The van der Waals surface area contributed by atoms with Gasteiger partial charge in [-0.05, 0) is 24.3 Å². The Morgan fingerprint density at radius 3 is 2.95 bits per heavy atom. The van der Waals surface area contributed by atoms with E-state index in [1.807, 2.05) is 35.2 Å². The Bertz CT molecular complexity index is 704. The number of rotatable bonds is 4. The fourth-order valence-electron chi connectivity index (χ4n) is 2.97. The number of methoxy groups -OCH3 is 1. The normalized spacial score (nSPS) is 21.3. The summed E-state index contributed by atoms with van der Waals surface area (Å²) in [5.41, 5.74) is 6.06. The number of aliphatic hydroxyl groups is 1. The molecule has 0 unspecified atom stereocenters. The highest BCUT2D eigenvalue weighted by atomic mass is 16.5. The van der Waals surface area contributed by atoms with Crippen molar-refractivity contribution in [1.29, 1.82) is 0 Å². The number of hydrogen-bond donors (Lipinski definition) is 2. The molecular formula is C16H19N3O3. The minimum absolute atomic E-state index is 0.139. The molecule has 0 spiro atoms. The summed E-state index contributed by atoms with van der Waals surface area (Å²) >= 11 is 0. The van der Waals surface area contributed by atoms with E-state index >= 15 is 0 Å². The number of pyridine rings is 1. The van der Waals surface area contributed by atoms with Gasteiger partial charge in [-0.1, -0.05) is 6.07 Å². The van der Waals surface area contributed by atoms with Crippen LogP contribution < -0.4 is 15.4 Å². The largest absolute Gasteiger partial charge is 0.496 e. The highest BCUT2D eigenvalue weighted by Crippen LogP contribution is 2.29. The Labute approximate surface area is 128 Å². The molecule has 0 bridgehead atoms. The molecule has 2 atom stereocenters. The van der Waals surface area contributed by atoms with Crippen molar-refractivity contribution >= 4 is 22.6 Å². The number of primary amides is 1. The van der Waals surface area contributed by atoms with Crippen LogP contribution in [0.4, 0.5) is 5.82 Å². The smallest absolute Gasteiger partial charge is 0.217 e. The standard InChI is InChI=1S/C16H19N3O3/c1-22-14-4-2-3-12-11(14)5-6-16(18-12)19-8-10(7-15(17)21)13(20)9-19/h2-6,10,13,20H,7-9H2,1H3,(H2,17,21)/t10-,13-/m1/s1. The minimum atomic E-state index is -0.560. The molecule has 6 nitrogen and oxygen atoms in total. The molecule has 1 fully saturated rings. The number of fused-ring (bicyclic) bond motifs is 1. The lowest BCUT2D eigenvalue weighted by Gasteiger charge is -2.17. The van der Waals surface area contributed by atoms with Gasteiger partial charge in [-0.15, -0.1) is 0 Å². The van der Waals surface area contributed by atoms with Crippen molar-refractivity contribution in [1.82, 2.24) is 4.98 Å². The molecule has 3 N–H and O–H groups in total. The lowest BCUT2D eigenvalue weighted by atomic mass is 10.0. The first-order chi connectivity index (χ1) is 10.6. The minimum Gasteiger partial charge on any atom is -0.496 e. The SMILES string of the molecule is COc1cccc2nc(N3C[C@@H](CC(N)=O)[C@H](O)C3)ccc12. The summed E-state index contributed by atoms with van der Waals surface area (Å²) in [6.45, 7) is 1.03. The average Bonchev–Trinajstić information content (AvgIpc) is 2.86. The van der Waals surface area contributed by atoms with Crippen LogP contribution >= 0.6 is 0 Å². The summed E-state index contributed by atoms with van der Waals surface area (Å²) in [6, 6.07) is 9.59. The monoisotopic (exact) mass is 301 g/mol. The second-order valence-electron chi connectivity index (χ2n) is 5.60. The lowest BCUT2D eigenvalue weighted by Crippen LogP contribution is -2.24. The zero-order valence-electron chi connectivity index (χ0n) is 12.4. The lowest BCUT2D eigenvalue weighted by molar-refractivity contribution is -0.119. The number of nitrogens with zero attached hydrogens (tertiary/aromatic N) is 2. The molecular weight excluding hydrogens is 282 g/mol. The molecule has 116 valence electrons. The summed E-state index contributed by atoms with van der Waals surface area (Å²) < 4.78 is 5.33. The van der Waals surface area contributed by atoms with E-state index < -0.39 is 6.10 Å². The van der Waals surface area contributed by atoms with Gasteiger partial charge < -0.3 is 20.5 Å². The molecule has 6 heteroatoms. The number of aliphatic hydroxyl groups excluding tert-OH is 1. The molecule has 22 heavy (non-hydrogen) atoms. The van der Waals surface area contributed by atoms with Gasteiger partial charge in [-0.25, -0.2) is 4.98 Å². The highest BCUT2D eigenvalue weighted by Gasteiger charge is 2.33. The molecule has 2 heterocycles. The van der Waals surface area contributed by atoms with Crippen LogP contribution in [0.3, 0.4) is 0 Å². The van der Waals surface area contributed by atoms with E-state index in [4.69, 9.17) is 10.5 Å². The summed E-state index contributed by atoms with van der Waals surface area (Å²) in [4.78, 5) is 17.7. The molecule has 0 radical (unpaired) electrons. The van der Waals surface area contributed by atoms with Crippen LogP contribution in [-0.2, 0) is 4.79 Å². The van der Waals surface area contributed by atoms with Crippen molar-refractivity contribution in [2.24, 2.45) is 11.7 Å². The first kappa shape index (κ1) is 14.6. The van der Waals surface area contributed by atoms with Gasteiger partial charge in [0.2, 0.25) is 5.91 Å². The number of β-amino-alcohol motifs (C(OH)–C–C–N with tert-alkyl or cyclic N) is 1. The van der Waals surface area contributed by atoms with Gasteiger partial charge in [0.05, 0.1) is 18.7 Å². The van der Waals surface area contributed by atoms with Crippen molar-refractivity contribution in [3.63, 3.8) is 0 Å². The van der Waals surface area contributed by atoms with Crippen molar-refractivity contribution in [3.05, 3.63) is 30.3 Å². The van der Waals surface area contributed by atoms with E-state index in [-0.39, 0.29) is 18.2 Å². The highest BCUT2D eigenvalue weighted by molar-refractivity contribution is 5.86. The number of nitrogens with two attached hydrogens (primary N) is 1. The molecule has 0 aliphatic carbocycles. The third-order valence-electron chi connectivity index (χ3n) is 4.09. The van der Waals surface area contributed by atoms with E-state index in [2.05, 4.69) is 4.98 Å². The number of carbonyl (C=O) groups is 1. The third-order valence-corrected chi connectivity index (χ3v) is 4.09. The van der Waals surface area contributed by atoms with Gasteiger partial charge in [-0.2, -0.15) is 0 Å². The zero-order chi connectivity index (χ0) is 15.7. The van der Waals surface area contributed by atoms with E-state index in [0.29, 0.717) is 13.1 Å². The Morgan fingerprint density at radius 1 is 1.41 bits per heavy atom. The zero-order valence-corrected chi connectivity index (χ0v) is 12.4. The fraction of sp³-hybridized carbons (Fsp3) is 0.375. The summed E-state index contributed by atoms with van der Waals surface area (Å²) in [7, 11) is 1.63. The molecule has 0 saturated carbocycles. The van der Waals surface area contributed by atoms with Crippen LogP contribution in [0.25, 0.3) is 10.9 Å². The topological polar surface area (TPSA) is 88.7 Å². The van der Waals surface area contributed by atoms with Crippen LogP contribution in [0, 0.1) is 5.92 Å². The number of carbonyl (C=O) groups excluding carboxylic acids is 1. The molecule has 1 aliphatic heterocycles. The number of anilines is 1. The second-order valence-corrected chi connectivity index (χ2v) is 5.60. The number of ether oxygens (including phenoxy) is 1. The van der Waals surface area contributed by atoms with Crippen molar-refractivity contribution < 1.29 is 14.6 Å². The predicted octanol–water partition coefficient (Wildman–Crippen LogP) is 0.916. The Morgan fingerprint density at radius 2 is 2.23 bits per heavy atom.